The summed E-state index contributed by atoms with van der Waals surface area (Å²) in [4.78, 5) is 29.8. The fourth-order valence-electron chi connectivity index (χ4n) is 4.54. The van der Waals surface area contributed by atoms with Crippen LogP contribution in [0.1, 0.15) is 37.4 Å². The first kappa shape index (κ1) is 24.9. The lowest BCUT2D eigenvalue weighted by Crippen LogP contribution is -2.39. The van der Waals surface area contributed by atoms with Gasteiger partial charge >= 0.3 is 0 Å². The van der Waals surface area contributed by atoms with E-state index >= 15 is 0 Å². The number of carbonyl (C=O) groups excluding carboxylic acids is 2. The molecule has 0 aliphatic carbocycles. The molecule has 1 unspecified atom stereocenters. The predicted molar refractivity (Wildman–Crippen MR) is 129 cm³/mol. The first-order valence-electron chi connectivity index (χ1n) is 12.0. The molecule has 2 aromatic carbocycles. The molecule has 2 fully saturated rings. The Labute approximate surface area is 204 Å². The molecule has 186 valence electrons. The largest absolute Gasteiger partial charge is 0.507 e. The molecular weight excluding hydrogens is 451 g/mol. The summed E-state index contributed by atoms with van der Waals surface area (Å²) in [5.74, 6) is -1.80. The Hall–Kier alpha value is -3.23. The highest BCUT2D eigenvalue weighted by Crippen LogP contribution is 2.40. The van der Waals surface area contributed by atoms with Crippen molar-refractivity contribution in [2.75, 3.05) is 39.4 Å². The van der Waals surface area contributed by atoms with Gasteiger partial charge in [-0.3, -0.25) is 14.5 Å². The van der Waals surface area contributed by atoms with Crippen LogP contribution in [-0.4, -0.2) is 72.1 Å². The van der Waals surface area contributed by atoms with E-state index < -0.39 is 23.5 Å². The maximum Gasteiger partial charge on any atom is 0.295 e. The van der Waals surface area contributed by atoms with Gasteiger partial charge in [-0.15, -0.1) is 0 Å². The Bertz CT molecular complexity index is 1090. The summed E-state index contributed by atoms with van der Waals surface area (Å²) in [5, 5.41) is 11.1. The molecule has 2 aromatic rings. The number of aliphatic hydroxyl groups is 1. The van der Waals surface area contributed by atoms with E-state index in [9.17, 15) is 19.1 Å². The van der Waals surface area contributed by atoms with Crippen LogP contribution in [0.2, 0.25) is 0 Å². The fourth-order valence-corrected chi connectivity index (χ4v) is 4.54. The molecule has 1 amide bonds. The van der Waals surface area contributed by atoms with Crippen LogP contribution in [0.3, 0.4) is 0 Å². The number of rotatable bonds is 8. The molecule has 2 aliphatic heterocycles. The van der Waals surface area contributed by atoms with Crippen LogP contribution in [0.25, 0.3) is 5.76 Å². The number of morpholine rings is 1. The Morgan fingerprint density at radius 2 is 1.77 bits per heavy atom. The lowest BCUT2D eigenvalue weighted by Gasteiger charge is -2.29. The van der Waals surface area contributed by atoms with Gasteiger partial charge < -0.3 is 19.5 Å². The normalized spacial score (nSPS) is 20.6. The SMILES string of the molecule is CC(C)Oc1ccc(/C(O)=C2/C(=O)C(=O)N(CCCN3CCOCC3)C2c2ccccc2F)cc1. The van der Waals surface area contributed by atoms with Crippen LogP contribution < -0.4 is 4.74 Å². The van der Waals surface area contributed by atoms with Crippen molar-refractivity contribution in [3.8, 4) is 5.75 Å². The number of benzene rings is 2. The number of amides is 1. The Morgan fingerprint density at radius 3 is 2.43 bits per heavy atom. The van der Waals surface area contributed by atoms with E-state index in [1.54, 1.807) is 42.5 Å². The predicted octanol–water partition coefficient (Wildman–Crippen LogP) is 3.76. The van der Waals surface area contributed by atoms with Crippen LogP contribution in [-0.2, 0) is 14.3 Å². The number of likely N-dealkylation sites (tertiary alicyclic amines) is 1. The minimum atomic E-state index is -1.01. The second kappa shape index (κ2) is 11.0. The van der Waals surface area contributed by atoms with Crippen LogP contribution in [0.5, 0.6) is 5.75 Å². The van der Waals surface area contributed by atoms with E-state index in [4.69, 9.17) is 9.47 Å². The second-order valence-corrected chi connectivity index (χ2v) is 9.01. The molecule has 0 spiro atoms. The second-order valence-electron chi connectivity index (χ2n) is 9.01. The van der Waals surface area contributed by atoms with Crippen molar-refractivity contribution in [2.24, 2.45) is 0 Å². The summed E-state index contributed by atoms with van der Waals surface area (Å²) in [6.45, 7) is 7.76. The average molecular weight is 483 g/mol. The van der Waals surface area contributed by atoms with E-state index in [1.165, 1.54) is 11.0 Å². The monoisotopic (exact) mass is 482 g/mol. The van der Waals surface area contributed by atoms with Gasteiger partial charge in [0.05, 0.1) is 30.9 Å². The van der Waals surface area contributed by atoms with Gasteiger partial charge in [0.2, 0.25) is 0 Å². The summed E-state index contributed by atoms with van der Waals surface area (Å²) in [6.07, 6.45) is 0.595. The van der Waals surface area contributed by atoms with Gasteiger partial charge in [0.25, 0.3) is 11.7 Å². The van der Waals surface area contributed by atoms with E-state index in [2.05, 4.69) is 4.90 Å². The number of halogens is 1. The standard InChI is InChI=1S/C27H31FN2O5/c1-18(2)35-20-10-8-19(9-11-20)25(31)23-24(21-6-3-4-7-22(21)28)30(27(33)26(23)32)13-5-12-29-14-16-34-17-15-29/h3-4,6-11,18,24,31H,5,12-17H2,1-2H3/b25-23-. The van der Waals surface area contributed by atoms with Crippen molar-refractivity contribution < 1.29 is 28.6 Å². The number of carbonyl (C=O) groups is 2. The molecule has 0 aromatic heterocycles. The van der Waals surface area contributed by atoms with E-state index in [1.807, 2.05) is 13.8 Å². The van der Waals surface area contributed by atoms with Crippen molar-refractivity contribution in [2.45, 2.75) is 32.4 Å². The van der Waals surface area contributed by atoms with E-state index in [-0.39, 0.29) is 29.5 Å². The molecule has 7 nitrogen and oxygen atoms in total. The third kappa shape index (κ3) is 5.55. The molecule has 2 aliphatic rings. The summed E-state index contributed by atoms with van der Waals surface area (Å²) in [5.41, 5.74) is 0.428. The first-order valence-corrected chi connectivity index (χ1v) is 12.0. The van der Waals surface area contributed by atoms with Crippen LogP contribution in [0.15, 0.2) is 54.1 Å². The molecule has 1 N–H and O–H groups in total. The lowest BCUT2D eigenvalue weighted by molar-refractivity contribution is -0.140. The highest BCUT2D eigenvalue weighted by atomic mass is 19.1. The third-order valence-electron chi connectivity index (χ3n) is 6.22. The topological polar surface area (TPSA) is 79.3 Å². The van der Waals surface area contributed by atoms with Crippen molar-refractivity contribution in [1.82, 2.24) is 9.80 Å². The van der Waals surface area contributed by atoms with Gasteiger partial charge in [0.1, 0.15) is 17.3 Å². The summed E-state index contributed by atoms with van der Waals surface area (Å²) in [7, 11) is 0. The van der Waals surface area contributed by atoms with Gasteiger partial charge in [-0.2, -0.15) is 0 Å². The first-order chi connectivity index (χ1) is 16.9. The molecule has 0 radical (unpaired) electrons. The minimum Gasteiger partial charge on any atom is -0.507 e. The third-order valence-corrected chi connectivity index (χ3v) is 6.22. The highest BCUT2D eigenvalue weighted by molar-refractivity contribution is 6.46. The maximum atomic E-state index is 14.9. The quantitative estimate of drug-likeness (QED) is 0.351. The smallest absolute Gasteiger partial charge is 0.295 e. The molecule has 2 heterocycles. The Balaban J connectivity index is 1.66. The zero-order valence-corrected chi connectivity index (χ0v) is 20.1. The number of hydrogen-bond acceptors (Lipinski definition) is 6. The van der Waals surface area contributed by atoms with Crippen LogP contribution in [0, 0.1) is 5.82 Å². The molecule has 8 heteroatoms. The van der Waals surface area contributed by atoms with Gasteiger partial charge in [-0.05, 0) is 50.6 Å². The van der Waals surface area contributed by atoms with Gasteiger partial charge in [-0.1, -0.05) is 18.2 Å². The van der Waals surface area contributed by atoms with Gasteiger partial charge in [-0.25, -0.2) is 4.39 Å². The van der Waals surface area contributed by atoms with E-state index in [0.29, 0.717) is 30.9 Å². The molecule has 35 heavy (non-hydrogen) atoms. The van der Waals surface area contributed by atoms with Crippen molar-refractivity contribution >= 4 is 17.4 Å². The maximum absolute atomic E-state index is 14.9. The van der Waals surface area contributed by atoms with Crippen LogP contribution in [0.4, 0.5) is 4.39 Å². The molecule has 0 bridgehead atoms. The van der Waals surface area contributed by atoms with Crippen molar-refractivity contribution in [1.29, 1.82) is 0 Å². The average Bonchev–Trinajstić information content (AvgIpc) is 3.09. The zero-order chi connectivity index (χ0) is 24.9. The molecule has 4 rings (SSSR count). The minimum absolute atomic E-state index is 0.0155. The number of ketones is 1. The van der Waals surface area contributed by atoms with Crippen molar-refractivity contribution in [3.05, 3.63) is 71.0 Å². The lowest BCUT2D eigenvalue weighted by atomic mass is 9.95. The summed E-state index contributed by atoms with van der Waals surface area (Å²) < 4.78 is 25.9. The van der Waals surface area contributed by atoms with Gasteiger partial charge in [0.15, 0.2) is 0 Å². The van der Waals surface area contributed by atoms with Crippen LogP contribution >= 0.6 is 0 Å². The zero-order valence-electron chi connectivity index (χ0n) is 20.1. The number of Topliss-reactive ketones (excluding diaryl/α,β-unsaturated/α-hetero) is 1. The molecule has 0 saturated carbocycles. The molecular formula is C27H31FN2O5. The summed E-state index contributed by atoms with van der Waals surface area (Å²) >= 11 is 0. The Morgan fingerprint density at radius 1 is 1.09 bits per heavy atom. The van der Waals surface area contributed by atoms with E-state index in [0.717, 1.165) is 19.6 Å². The molecule has 2 saturated heterocycles. The highest BCUT2D eigenvalue weighted by Gasteiger charge is 2.46. The number of ether oxygens (including phenoxy) is 2. The fraction of sp³-hybridized carbons (Fsp3) is 0.407. The summed E-state index contributed by atoms with van der Waals surface area (Å²) in [6, 6.07) is 11.7. The van der Waals surface area contributed by atoms with Gasteiger partial charge in [0, 0.05) is 37.3 Å². The number of aliphatic hydroxyl groups excluding tert-OH is 1. The van der Waals surface area contributed by atoms with Crippen molar-refractivity contribution in [3.63, 3.8) is 0 Å². The number of hydrogen-bond donors (Lipinski definition) is 1. The number of nitrogens with zero attached hydrogens (tertiary/aromatic N) is 2. The molecule has 1 atom stereocenters. The Kier molecular flexibility index (Phi) is 7.83.